The first-order valence-electron chi connectivity index (χ1n) is 11.3. The molecule has 1 saturated carbocycles. The van der Waals surface area contributed by atoms with E-state index in [1.807, 2.05) is 11.7 Å². The molecule has 0 spiro atoms. The van der Waals surface area contributed by atoms with Crippen LogP contribution in [0.5, 0.6) is 0 Å². The van der Waals surface area contributed by atoms with Crippen molar-refractivity contribution in [2.45, 2.75) is 39.0 Å². The number of hydrogen-bond donors (Lipinski definition) is 1. The van der Waals surface area contributed by atoms with Gasteiger partial charge in [0.15, 0.2) is 5.88 Å². The van der Waals surface area contributed by atoms with Gasteiger partial charge in [-0.2, -0.15) is 0 Å². The Bertz CT molecular complexity index is 680. The molecule has 2 unspecified atom stereocenters. The van der Waals surface area contributed by atoms with Gasteiger partial charge in [-0.3, -0.25) is 4.68 Å². The van der Waals surface area contributed by atoms with Gasteiger partial charge in [-0.25, -0.2) is 0 Å². The van der Waals surface area contributed by atoms with Crippen molar-refractivity contribution in [1.82, 2.24) is 25.2 Å². The highest BCUT2D eigenvalue weighted by atomic mass is 16.5. The van der Waals surface area contributed by atoms with Crippen molar-refractivity contribution in [3.63, 3.8) is 0 Å². The molecule has 3 rings (SSSR count). The summed E-state index contributed by atoms with van der Waals surface area (Å²) in [6.07, 6.45) is 5.63. The number of nitrogens with zero attached hydrogens (tertiary/aromatic N) is 4. The van der Waals surface area contributed by atoms with Crippen LogP contribution in [0.15, 0.2) is 12.5 Å². The predicted molar refractivity (Wildman–Crippen MR) is 116 cm³/mol. The molecule has 30 heavy (non-hydrogen) atoms. The van der Waals surface area contributed by atoms with Crippen LogP contribution in [-0.2, 0) is 34.1 Å². The zero-order valence-electron chi connectivity index (χ0n) is 19.0. The summed E-state index contributed by atoms with van der Waals surface area (Å²) in [6, 6.07) is 0. The van der Waals surface area contributed by atoms with Crippen molar-refractivity contribution in [1.29, 1.82) is 0 Å². The van der Waals surface area contributed by atoms with Crippen molar-refractivity contribution in [2.24, 2.45) is 18.4 Å². The second-order valence-electron chi connectivity index (χ2n) is 8.67. The number of aromatic nitrogens is 3. The van der Waals surface area contributed by atoms with Crippen molar-refractivity contribution in [3.8, 4) is 0 Å². The SMILES string of the molecule is C=C(NCCOCCOCCN(C)CC)OCC12CCc3nnn(C)c3CCC1C2. The first kappa shape index (κ1) is 23.0. The Morgan fingerprint density at radius 2 is 2.07 bits per heavy atom. The predicted octanol–water partition coefficient (Wildman–Crippen LogP) is 1.76. The summed E-state index contributed by atoms with van der Waals surface area (Å²) >= 11 is 0. The maximum Gasteiger partial charge on any atom is 0.179 e. The van der Waals surface area contributed by atoms with Crippen LogP contribution in [0.25, 0.3) is 0 Å². The average molecular weight is 422 g/mol. The highest BCUT2D eigenvalue weighted by Crippen LogP contribution is 2.59. The lowest BCUT2D eigenvalue weighted by molar-refractivity contribution is 0.0409. The standard InChI is InChI=1S/C22H39N5O3/c1-5-26(3)11-13-29-15-14-28-12-10-23-18(2)30-17-22-9-8-20-21(27(4)25-24-20)7-6-19(22)16-22/h19,23H,2,5-17H2,1,3-4H3. The lowest BCUT2D eigenvalue weighted by Crippen LogP contribution is -2.25. The van der Waals surface area contributed by atoms with Crippen LogP contribution in [-0.4, -0.2) is 79.6 Å². The molecule has 2 atom stereocenters. The van der Waals surface area contributed by atoms with Crippen LogP contribution in [0.3, 0.4) is 0 Å². The molecular formula is C22H39N5O3. The number of likely N-dealkylation sites (N-methyl/N-ethyl adjacent to an activating group) is 1. The Kier molecular flexibility index (Phi) is 8.53. The van der Waals surface area contributed by atoms with E-state index in [9.17, 15) is 0 Å². The summed E-state index contributed by atoms with van der Waals surface area (Å²) in [5.74, 6) is 1.38. The quantitative estimate of drug-likeness (QED) is 0.362. The van der Waals surface area contributed by atoms with Crippen molar-refractivity contribution < 1.29 is 14.2 Å². The first-order valence-corrected chi connectivity index (χ1v) is 11.3. The summed E-state index contributed by atoms with van der Waals surface area (Å²) in [5.41, 5.74) is 2.76. The highest BCUT2D eigenvalue weighted by molar-refractivity contribution is 5.16. The van der Waals surface area contributed by atoms with E-state index in [2.05, 4.69) is 41.1 Å². The normalized spacial score (nSPS) is 22.7. The molecule has 0 amide bonds. The van der Waals surface area contributed by atoms with Crippen LogP contribution in [0.4, 0.5) is 0 Å². The zero-order chi connectivity index (χ0) is 21.4. The van der Waals surface area contributed by atoms with E-state index in [1.54, 1.807) is 0 Å². The Hall–Kier alpha value is -1.64. The van der Waals surface area contributed by atoms with Gasteiger partial charge in [0.25, 0.3) is 0 Å². The average Bonchev–Trinajstić information content (AvgIpc) is 3.29. The lowest BCUT2D eigenvalue weighted by Gasteiger charge is -2.21. The molecule has 0 radical (unpaired) electrons. The second kappa shape index (κ2) is 11.1. The minimum atomic E-state index is 0.291. The molecule has 1 aromatic heterocycles. The minimum Gasteiger partial charge on any atom is -0.479 e. The monoisotopic (exact) mass is 421 g/mol. The Morgan fingerprint density at radius 1 is 1.27 bits per heavy atom. The number of fused-ring (bicyclic) bond motifs is 2. The summed E-state index contributed by atoms with van der Waals surface area (Å²) < 4.78 is 19.1. The fraction of sp³-hybridized carbons (Fsp3) is 0.818. The molecular weight excluding hydrogens is 382 g/mol. The first-order chi connectivity index (χ1) is 14.5. The number of rotatable bonds is 14. The van der Waals surface area contributed by atoms with Crippen LogP contribution < -0.4 is 5.32 Å². The molecule has 8 heteroatoms. The van der Waals surface area contributed by atoms with E-state index in [0.29, 0.717) is 37.7 Å². The largest absolute Gasteiger partial charge is 0.479 e. The van der Waals surface area contributed by atoms with Gasteiger partial charge in [0.2, 0.25) is 0 Å². The smallest absolute Gasteiger partial charge is 0.179 e. The Labute approximate surface area is 180 Å². The summed E-state index contributed by atoms with van der Waals surface area (Å²) in [4.78, 5) is 2.23. The third-order valence-corrected chi connectivity index (χ3v) is 6.60. The van der Waals surface area contributed by atoms with Gasteiger partial charge in [-0.05, 0) is 58.2 Å². The molecule has 0 aromatic carbocycles. The van der Waals surface area contributed by atoms with Crippen LogP contribution >= 0.6 is 0 Å². The lowest BCUT2D eigenvalue weighted by atomic mass is 9.91. The number of ether oxygens (including phenoxy) is 3. The van der Waals surface area contributed by atoms with Gasteiger partial charge in [0.1, 0.15) is 0 Å². The Balaban J connectivity index is 1.23. The number of hydrogen-bond acceptors (Lipinski definition) is 7. The molecule has 0 saturated heterocycles. The van der Waals surface area contributed by atoms with Crippen molar-refractivity contribution >= 4 is 0 Å². The van der Waals surface area contributed by atoms with E-state index in [4.69, 9.17) is 14.2 Å². The fourth-order valence-corrected chi connectivity index (χ4v) is 4.24. The van der Waals surface area contributed by atoms with Gasteiger partial charge in [-0.1, -0.05) is 12.1 Å². The fourth-order valence-electron chi connectivity index (χ4n) is 4.24. The third-order valence-electron chi connectivity index (χ3n) is 6.60. The zero-order valence-corrected chi connectivity index (χ0v) is 19.0. The third kappa shape index (κ3) is 6.43. The molecule has 0 aliphatic heterocycles. The molecule has 170 valence electrons. The van der Waals surface area contributed by atoms with E-state index in [1.165, 1.54) is 18.5 Å². The van der Waals surface area contributed by atoms with E-state index < -0.39 is 0 Å². The summed E-state index contributed by atoms with van der Waals surface area (Å²) in [6.45, 7) is 12.2. The topological polar surface area (TPSA) is 73.7 Å². The van der Waals surface area contributed by atoms with Crippen LogP contribution in [0.2, 0.25) is 0 Å². The molecule has 1 fully saturated rings. The van der Waals surface area contributed by atoms with Gasteiger partial charge in [0, 0.05) is 25.6 Å². The summed E-state index contributed by atoms with van der Waals surface area (Å²) in [5, 5.41) is 11.8. The van der Waals surface area contributed by atoms with Gasteiger partial charge < -0.3 is 24.4 Å². The van der Waals surface area contributed by atoms with E-state index >= 15 is 0 Å². The van der Waals surface area contributed by atoms with Crippen LogP contribution in [0, 0.1) is 11.3 Å². The minimum absolute atomic E-state index is 0.291. The van der Waals surface area contributed by atoms with Gasteiger partial charge in [0.05, 0.1) is 44.4 Å². The van der Waals surface area contributed by atoms with Gasteiger partial charge >= 0.3 is 0 Å². The Morgan fingerprint density at radius 3 is 2.87 bits per heavy atom. The molecule has 0 bridgehead atoms. The van der Waals surface area contributed by atoms with Gasteiger partial charge in [-0.15, -0.1) is 5.10 Å². The van der Waals surface area contributed by atoms with Crippen molar-refractivity contribution in [3.05, 3.63) is 23.8 Å². The highest BCUT2D eigenvalue weighted by Gasteiger charge is 2.54. The maximum atomic E-state index is 5.98. The van der Waals surface area contributed by atoms with E-state index in [-0.39, 0.29) is 0 Å². The molecule has 2 aliphatic carbocycles. The maximum absolute atomic E-state index is 5.98. The second-order valence-corrected chi connectivity index (χ2v) is 8.67. The number of aryl methyl sites for hydroxylation is 2. The summed E-state index contributed by atoms with van der Waals surface area (Å²) in [7, 11) is 4.09. The molecule has 1 N–H and O–H groups in total. The molecule has 8 nitrogen and oxygen atoms in total. The van der Waals surface area contributed by atoms with Crippen molar-refractivity contribution in [2.75, 3.05) is 59.7 Å². The number of nitrogens with one attached hydrogen (secondary N) is 1. The molecule has 1 aromatic rings. The van der Waals surface area contributed by atoms with Crippen LogP contribution in [0.1, 0.15) is 37.6 Å². The molecule has 1 heterocycles. The molecule has 2 aliphatic rings. The van der Waals surface area contributed by atoms with E-state index in [0.717, 1.165) is 57.2 Å².